The van der Waals surface area contributed by atoms with Crippen LogP contribution >= 0.6 is 24.8 Å². The van der Waals surface area contributed by atoms with Gasteiger partial charge in [-0.1, -0.05) is 45.9 Å². The lowest BCUT2D eigenvalue weighted by Gasteiger charge is -2.33. The van der Waals surface area contributed by atoms with Crippen LogP contribution in [-0.2, 0) is 4.79 Å². The fourth-order valence-electron chi connectivity index (χ4n) is 2.97. The molecule has 6 heteroatoms. The van der Waals surface area contributed by atoms with Crippen molar-refractivity contribution in [2.24, 2.45) is 0 Å². The van der Waals surface area contributed by atoms with Gasteiger partial charge in [0.15, 0.2) is 0 Å². The van der Waals surface area contributed by atoms with Crippen molar-refractivity contribution < 1.29 is 4.79 Å². The molecule has 0 aliphatic carbocycles. The number of benzene rings is 1. The Labute approximate surface area is 166 Å². The molecule has 0 heterocycles. The first-order valence-corrected chi connectivity index (χ1v) is 8.81. The molecule has 0 radical (unpaired) electrons. The average Bonchev–Trinajstić information content (AvgIpc) is 2.55. The van der Waals surface area contributed by atoms with E-state index >= 15 is 0 Å². The third-order valence-corrected chi connectivity index (χ3v) is 4.61. The Kier molecular flexibility index (Phi) is 14.2. The number of amides is 1. The van der Waals surface area contributed by atoms with Gasteiger partial charge in [-0.3, -0.25) is 9.69 Å². The normalized spacial score (nSPS) is 11.7. The molecular formula is C19H35Cl2N3O. The standard InChI is InChI=1S/C19H33N3O.2ClH/c1-7-21(8-2)14-17(22(9-3)10-4)19(23)20-18-15(5)12-11-13-16(18)6;;/h11-13,17H,7-10,14H2,1-6H3,(H,20,23);2*1H. The van der Waals surface area contributed by atoms with Crippen LogP contribution in [-0.4, -0.2) is 54.5 Å². The number of halogens is 2. The molecule has 0 aliphatic rings. The van der Waals surface area contributed by atoms with Crippen molar-refractivity contribution >= 4 is 36.4 Å². The molecule has 0 aromatic heterocycles. The summed E-state index contributed by atoms with van der Waals surface area (Å²) in [6.45, 7) is 17.1. The molecule has 0 spiro atoms. The smallest absolute Gasteiger partial charge is 0.243 e. The second-order valence-electron chi connectivity index (χ2n) is 5.98. The van der Waals surface area contributed by atoms with Crippen molar-refractivity contribution in [1.82, 2.24) is 9.80 Å². The first-order valence-electron chi connectivity index (χ1n) is 8.81. The number of aryl methyl sites for hydroxylation is 2. The van der Waals surface area contributed by atoms with Crippen molar-refractivity contribution in [2.75, 3.05) is 38.0 Å². The van der Waals surface area contributed by atoms with Crippen LogP contribution in [0.5, 0.6) is 0 Å². The predicted octanol–water partition coefficient (Wildman–Crippen LogP) is 4.14. The third-order valence-electron chi connectivity index (χ3n) is 4.61. The minimum atomic E-state index is -0.121. The number of hydrogen-bond donors (Lipinski definition) is 1. The molecule has 0 saturated heterocycles. The Morgan fingerprint density at radius 2 is 1.44 bits per heavy atom. The molecule has 1 amide bonds. The van der Waals surface area contributed by atoms with E-state index in [9.17, 15) is 4.79 Å². The summed E-state index contributed by atoms with van der Waals surface area (Å²) in [5.41, 5.74) is 3.17. The Balaban J connectivity index is 0. The van der Waals surface area contributed by atoms with Crippen LogP contribution in [0.3, 0.4) is 0 Å². The molecule has 1 rings (SSSR count). The summed E-state index contributed by atoms with van der Waals surface area (Å²) < 4.78 is 0. The van der Waals surface area contributed by atoms with E-state index in [2.05, 4.69) is 42.8 Å². The van der Waals surface area contributed by atoms with E-state index in [-0.39, 0.29) is 36.8 Å². The van der Waals surface area contributed by atoms with E-state index in [0.717, 1.165) is 49.5 Å². The Morgan fingerprint density at radius 1 is 0.960 bits per heavy atom. The Bertz CT molecular complexity index is 483. The van der Waals surface area contributed by atoms with Gasteiger partial charge in [0.25, 0.3) is 0 Å². The maximum atomic E-state index is 13.0. The minimum Gasteiger partial charge on any atom is -0.324 e. The Hall–Kier alpha value is -0.810. The van der Waals surface area contributed by atoms with Crippen molar-refractivity contribution in [3.8, 4) is 0 Å². The zero-order chi connectivity index (χ0) is 17.4. The monoisotopic (exact) mass is 391 g/mol. The Morgan fingerprint density at radius 3 is 1.84 bits per heavy atom. The first kappa shape index (κ1) is 26.4. The van der Waals surface area contributed by atoms with E-state index in [1.807, 2.05) is 32.0 Å². The van der Waals surface area contributed by atoms with E-state index < -0.39 is 0 Å². The molecule has 0 saturated carbocycles. The summed E-state index contributed by atoms with van der Waals surface area (Å²) in [5.74, 6) is 0.0954. The van der Waals surface area contributed by atoms with E-state index in [4.69, 9.17) is 0 Å². The summed E-state index contributed by atoms with van der Waals surface area (Å²) >= 11 is 0. The summed E-state index contributed by atoms with van der Waals surface area (Å²) in [6.07, 6.45) is 0. The molecule has 146 valence electrons. The van der Waals surface area contributed by atoms with Crippen molar-refractivity contribution in [2.45, 2.75) is 47.6 Å². The number of carbonyl (C=O) groups is 1. The summed E-state index contributed by atoms with van der Waals surface area (Å²) in [6, 6.07) is 5.99. The van der Waals surface area contributed by atoms with Gasteiger partial charge in [0, 0.05) is 12.2 Å². The van der Waals surface area contributed by atoms with Gasteiger partial charge in [-0.2, -0.15) is 0 Å². The van der Waals surface area contributed by atoms with Crippen LogP contribution in [0.25, 0.3) is 0 Å². The van der Waals surface area contributed by atoms with Gasteiger partial charge in [0.2, 0.25) is 5.91 Å². The van der Waals surface area contributed by atoms with Crippen molar-refractivity contribution in [3.63, 3.8) is 0 Å². The molecule has 4 nitrogen and oxygen atoms in total. The number of nitrogens with one attached hydrogen (secondary N) is 1. The molecule has 1 aromatic carbocycles. The van der Waals surface area contributed by atoms with Crippen LogP contribution < -0.4 is 5.32 Å². The van der Waals surface area contributed by atoms with Crippen molar-refractivity contribution in [1.29, 1.82) is 0 Å². The highest BCUT2D eigenvalue weighted by Gasteiger charge is 2.26. The van der Waals surface area contributed by atoms with Gasteiger partial charge in [0.05, 0.1) is 0 Å². The molecule has 25 heavy (non-hydrogen) atoms. The van der Waals surface area contributed by atoms with Crippen LogP contribution in [0.1, 0.15) is 38.8 Å². The highest BCUT2D eigenvalue weighted by atomic mass is 35.5. The topological polar surface area (TPSA) is 35.6 Å². The molecule has 1 unspecified atom stereocenters. The number of hydrogen-bond acceptors (Lipinski definition) is 3. The molecule has 0 fully saturated rings. The second-order valence-corrected chi connectivity index (χ2v) is 5.98. The lowest BCUT2D eigenvalue weighted by Crippen LogP contribution is -2.50. The van der Waals surface area contributed by atoms with Crippen LogP contribution in [0, 0.1) is 13.8 Å². The van der Waals surface area contributed by atoms with E-state index in [0.29, 0.717) is 0 Å². The first-order chi connectivity index (χ1) is 11.0. The SMILES string of the molecule is CCN(CC)CC(C(=O)Nc1c(C)cccc1C)N(CC)CC.Cl.Cl. The molecular weight excluding hydrogens is 357 g/mol. The maximum Gasteiger partial charge on any atom is 0.243 e. The summed E-state index contributed by atoms with van der Waals surface area (Å²) in [4.78, 5) is 17.5. The maximum absolute atomic E-state index is 13.0. The lowest BCUT2D eigenvalue weighted by molar-refractivity contribution is -0.121. The van der Waals surface area contributed by atoms with Gasteiger partial charge in [-0.05, 0) is 51.2 Å². The van der Waals surface area contributed by atoms with Crippen molar-refractivity contribution in [3.05, 3.63) is 29.3 Å². The number of likely N-dealkylation sites (N-methyl/N-ethyl adjacent to an activating group) is 2. The van der Waals surface area contributed by atoms with Gasteiger partial charge >= 0.3 is 0 Å². The zero-order valence-electron chi connectivity index (χ0n) is 16.5. The molecule has 1 atom stereocenters. The number of anilines is 1. The number of nitrogens with zero attached hydrogens (tertiary/aromatic N) is 2. The lowest BCUT2D eigenvalue weighted by atomic mass is 10.1. The highest BCUT2D eigenvalue weighted by molar-refractivity contribution is 5.96. The summed E-state index contributed by atoms with van der Waals surface area (Å²) in [5, 5.41) is 3.17. The number of rotatable bonds is 9. The zero-order valence-corrected chi connectivity index (χ0v) is 18.1. The van der Waals surface area contributed by atoms with Crippen LogP contribution in [0.15, 0.2) is 18.2 Å². The van der Waals surface area contributed by atoms with E-state index in [1.54, 1.807) is 0 Å². The van der Waals surface area contributed by atoms with Gasteiger partial charge in [-0.25, -0.2) is 0 Å². The molecule has 1 N–H and O–H groups in total. The predicted molar refractivity (Wildman–Crippen MR) is 114 cm³/mol. The average molecular weight is 392 g/mol. The van der Waals surface area contributed by atoms with E-state index in [1.165, 1.54) is 0 Å². The largest absolute Gasteiger partial charge is 0.324 e. The molecule has 0 aliphatic heterocycles. The number of para-hydroxylation sites is 1. The summed E-state index contributed by atoms with van der Waals surface area (Å²) in [7, 11) is 0. The van der Waals surface area contributed by atoms with Gasteiger partial charge < -0.3 is 10.2 Å². The molecule has 0 bridgehead atoms. The van der Waals surface area contributed by atoms with Crippen LogP contribution in [0.4, 0.5) is 5.69 Å². The fourth-order valence-corrected chi connectivity index (χ4v) is 2.97. The fraction of sp³-hybridized carbons (Fsp3) is 0.632. The third kappa shape index (κ3) is 7.53. The molecule has 1 aromatic rings. The number of carbonyl (C=O) groups excluding carboxylic acids is 1. The van der Waals surface area contributed by atoms with Gasteiger partial charge in [-0.15, -0.1) is 24.8 Å². The highest BCUT2D eigenvalue weighted by Crippen LogP contribution is 2.20. The second kappa shape index (κ2) is 13.4. The quantitative estimate of drug-likeness (QED) is 0.686. The van der Waals surface area contributed by atoms with Crippen LogP contribution in [0.2, 0.25) is 0 Å². The van der Waals surface area contributed by atoms with Gasteiger partial charge in [0.1, 0.15) is 6.04 Å². The minimum absolute atomic E-state index is 0.